The number of rotatable bonds is 5. The van der Waals surface area contributed by atoms with E-state index < -0.39 is 6.04 Å². The maximum Gasteiger partial charge on any atom is 0.252 e. The summed E-state index contributed by atoms with van der Waals surface area (Å²) in [4.78, 5) is 24.0. The molecule has 0 bridgehead atoms. The maximum atomic E-state index is 12.1. The highest BCUT2D eigenvalue weighted by Crippen LogP contribution is 2.07. The molecule has 2 N–H and O–H groups in total. The smallest absolute Gasteiger partial charge is 0.252 e. The van der Waals surface area contributed by atoms with Crippen LogP contribution in [0.15, 0.2) is 47.1 Å². The van der Waals surface area contributed by atoms with Crippen molar-refractivity contribution < 1.29 is 14.0 Å². The molecule has 0 aliphatic rings. The van der Waals surface area contributed by atoms with Crippen LogP contribution in [-0.2, 0) is 11.3 Å². The number of carbonyl (C=O) groups excluding carboxylic acids is 2. The first-order chi connectivity index (χ1) is 10.1. The Bertz CT molecular complexity index is 620. The third-order valence-electron chi connectivity index (χ3n) is 3.15. The lowest BCUT2D eigenvalue weighted by Crippen LogP contribution is -2.44. The molecule has 2 aromatic rings. The Hall–Kier alpha value is -2.56. The van der Waals surface area contributed by atoms with E-state index in [9.17, 15) is 9.59 Å². The van der Waals surface area contributed by atoms with E-state index in [1.165, 1.54) is 0 Å². The number of carbonyl (C=O) groups is 2. The second-order valence-corrected chi connectivity index (χ2v) is 4.81. The van der Waals surface area contributed by atoms with Crippen LogP contribution < -0.4 is 10.6 Å². The summed E-state index contributed by atoms with van der Waals surface area (Å²) < 4.78 is 5.13. The summed E-state index contributed by atoms with van der Waals surface area (Å²) in [6, 6.07) is 10.2. The Labute approximate surface area is 123 Å². The highest BCUT2D eigenvalue weighted by Gasteiger charge is 2.17. The van der Waals surface area contributed by atoms with Crippen LogP contribution in [0.5, 0.6) is 0 Å². The first kappa shape index (κ1) is 14.8. The molecule has 0 aliphatic heterocycles. The summed E-state index contributed by atoms with van der Waals surface area (Å²) >= 11 is 0. The second-order valence-electron chi connectivity index (χ2n) is 4.81. The fraction of sp³-hybridized carbons (Fsp3) is 0.250. The second kappa shape index (κ2) is 6.74. The molecule has 2 rings (SSSR count). The summed E-state index contributed by atoms with van der Waals surface area (Å²) in [6.45, 7) is 3.81. The number of hydrogen-bond acceptors (Lipinski definition) is 3. The average Bonchev–Trinajstić information content (AvgIpc) is 2.98. The van der Waals surface area contributed by atoms with Gasteiger partial charge in [-0.1, -0.05) is 18.2 Å². The Kier molecular flexibility index (Phi) is 4.77. The van der Waals surface area contributed by atoms with Crippen LogP contribution in [0.3, 0.4) is 0 Å². The van der Waals surface area contributed by atoms with Gasteiger partial charge in [-0.2, -0.15) is 0 Å². The van der Waals surface area contributed by atoms with Gasteiger partial charge in [0.05, 0.1) is 12.8 Å². The third kappa shape index (κ3) is 3.95. The van der Waals surface area contributed by atoms with Crippen molar-refractivity contribution in [2.45, 2.75) is 26.4 Å². The van der Waals surface area contributed by atoms with Gasteiger partial charge in [-0.3, -0.25) is 9.59 Å². The minimum atomic E-state index is -0.618. The van der Waals surface area contributed by atoms with Crippen LogP contribution in [0.4, 0.5) is 0 Å². The van der Waals surface area contributed by atoms with Gasteiger partial charge in [0.15, 0.2) is 0 Å². The highest BCUT2D eigenvalue weighted by molar-refractivity contribution is 5.98. The lowest BCUT2D eigenvalue weighted by Gasteiger charge is -2.14. The number of amides is 2. The quantitative estimate of drug-likeness (QED) is 0.883. The van der Waals surface area contributed by atoms with Crippen molar-refractivity contribution >= 4 is 11.8 Å². The summed E-state index contributed by atoms with van der Waals surface area (Å²) in [5.74, 6) is 0.155. The van der Waals surface area contributed by atoms with E-state index in [1.54, 1.807) is 37.5 Å². The van der Waals surface area contributed by atoms with Gasteiger partial charge in [0.1, 0.15) is 11.8 Å². The predicted octanol–water partition coefficient (Wildman–Crippen LogP) is 2.02. The monoisotopic (exact) mass is 286 g/mol. The van der Waals surface area contributed by atoms with Crippen LogP contribution in [-0.4, -0.2) is 17.9 Å². The molecule has 0 saturated carbocycles. The van der Waals surface area contributed by atoms with E-state index in [2.05, 4.69) is 10.6 Å². The van der Waals surface area contributed by atoms with Gasteiger partial charge in [-0.05, 0) is 37.6 Å². The summed E-state index contributed by atoms with van der Waals surface area (Å²) in [7, 11) is 0. The summed E-state index contributed by atoms with van der Waals surface area (Å²) in [6.07, 6.45) is 1.55. The van der Waals surface area contributed by atoms with Crippen molar-refractivity contribution in [2.24, 2.45) is 0 Å². The molecule has 1 aromatic carbocycles. The highest BCUT2D eigenvalue weighted by atomic mass is 16.3. The van der Waals surface area contributed by atoms with Crippen LogP contribution in [0, 0.1) is 6.92 Å². The van der Waals surface area contributed by atoms with E-state index in [0.717, 1.165) is 5.56 Å². The van der Waals surface area contributed by atoms with Gasteiger partial charge in [0.25, 0.3) is 5.91 Å². The van der Waals surface area contributed by atoms with Gasteiger partial charge < -0.3 is 15.1 Å². The normalized spacial score (nSPS) is 11.7. The number of benzene rings is 1. The van der Waals surface area contributed by atoms with E-state index in [-0.39, 0.29) is 11.8 Å². The zero-order valence-corrected chi connectivity index (χ0v) is 12.1. The van der Waals surface area contributed by atoms with Gasteiger partial charge >= 0.3 is 0 Å². The molecule has 1 aromatic heterocycles. The predicted molar refractivity (Wildman–Crippen MR) is 78.7 cm³/mol. The lowest BCUT2D eigenvalue weighted by molar-refractivity contribution is -0.122. The first-order valence-corrected chi connectivity index (χ1v) is 6.74. The molecule has 21 heavy (non-hydrogen) atoms. The first-order valence-electron chi connectivity index (χ1n) is 6.74. The van der Waals surface area contributed by atoms with Crippen molar-refractivity contribution in [3.63, 3.8) is 0 Å². The molecule has 1 atom stereocenters. The Morgan fingerprint density at radius 2 is 1.95 bits per heavy atom. The molecular weight excluding hydrogens is 268 g/mol. The maximum absolute atomic E-state index is 12.1. The Morgan fingerprint density at radius 1 is 1.19 bits per heavy atom. The van der Waals surface area contributed by atoms with Gasteiger partial charge in [-0.15, -0.1) is 0 Å². The standard InChI is InChI=1S/C16H18N2O3/c1-11-6-3-4-8-14(11)16(20)18-12(2)15(19)17-10-13-7-5-9-21-13/h3-9,12H,10H2,1-2H3,(H,17,19)(H,18,20). The summed E-state index contributed by atoms with van der Waals surface area (Å²) in [5, 5.41) is 5.39. The average molecular weight is 286 g/mol. The molecule has 110 valence electrons. The molecule has 5 nitrogen and oxygen atoms in total. The SMILES string of the molecule is Cc1ccccc1C(=O)NC(C)C(=O)NCc1ccco1. The largest absolute Gasteiger partial charge is 0.467 e. The van der Waals surface area contributed by atoms with Gasteiger partial charge in [0, 0.05) is 5.56 Å². The Morgan fingerprint density at radius 3 is 2.62 bits per heavy atom. The fourth-order valence-electron chi connectivity index (χ4n) is 1.91. The molecule has 0 aliphatic carbocycles. The fourth-order valence-corrected chi connectivity index (χ4v) is 1.91. The molecule has 1 unspecified atom stereocenters. The lowest BCUT2D eigenvalue weighted by atomic mass is 10.1. The summed E-state index contributed by atoms with van der Waals surface area (Å²) in [5.41, 5.74) is 1.45. The molecule has 5 heteroatoms. The van der Waals surface area contributed by atoms with Crippen LogP contribution in [0.2, 0.25) is 0 Å². The van der Waals surface area contributed by atoms with Crippen molar-refractivity contribution in [2.75, 3.05) is 0 Å². The molecule has 2 amide bonds. The molecule has 0 radical (unpaired) electrons. The molecule has 0 spiro atoms. The molecule has 0 fully saturated rings. The number of nitrogens with one attached hydrogen (secondary N) is 2. The zero-order chi connectivity index (χ0) is 15.2. The number of aryl methyl sites for hydroxylation is 1. The molecular formula is C16H18N2O3. The third-order valence-corrected chi connectivity index (χ3v) is 3.15. The number of hydrogen-bond donors (Lipinski definition) is 2. The Balaban J connectivity index is 1.88. The van der Waals surface area contributed by atoms with Crippen molar-refractivity contribution in [3.8, 4) is 0 Å². The minimum Gasteiger partial charge on any atom is -0.467 e. The van der Waals surface area contributed by atoms with E-state index in [0.29, 0.717) is 17.9 Å². The number of furan rings is 1. The van der Waals surface area contributed by atoms with E-state index in [1.807, 2.05) is 19.1 Å². The van der Waals surface area contributed by atoms with Crippen LogP contribution in [0.1, 0.15) is 28.6 Å². The van der Waals surface area contributed by atoms with Crippen molar-refractivity contribution in [1.29, 1.82) is 0 Å². The van der Waals surface area contributed by atoms with Crippen LogP contribution >= 0.6 is 0 Å². The topological polar surface area (TPSA) is 71.3 Å². The van der Waals surface area contributed by atoms with Crippen molar-refractivity contribution in [1.82, 2.24) is 10.6 Å². The zero-order valence-electron chi connectivity index (χ0n) is 12.1. The molecule has 0 saturated heterocycles. The van der Waals surface area contributed by atoms with Crippen LogP contribution in [0.25, 0.3) is 0 Å². The van der Waals surface area contributed by atoms with E-state index >= 15 is 0 Å². The van der Waals surface area contributed by atoms with Crippen molar-refractivity contribution in [3.05, 3.63) is 59.5 Å². The minimum absolute atomic E-state index is 0.256. The molecule has 1 heterocycles. The van der Waals surface area contributed by atoms with Gasteiger partial charge in [-0.25, -0.2) is 0 Å². The van der Waals surface area contributed by atoms with E-state index in [4.69, 9.17) is 4.42 Å². The van der Waals surface area contributed by atoms with Gasteiger partial charge in [0.2, 0.25) is 5.91 Å².